The molecular weight excluding hydrogens is 400 g/mol. The number of aromatic nitrogens is 3. The summed E-state index contributed by atoms with van der Waals surface area (Å²) < 4.78 is 24.6. The molecule has 1 atom stereocenters. The van der Waals surface area contributed by atoms with Gasteiger partial charge in [0.2, 0.25) is 5.89 Å². The summed E-state index contributed by atoms with van der Waals surface area (Å²) in [5.41, 5.74) is 4.05. The maximum absolute atomic E-state index is 12.8. The summed E-state index contributed by atoms with van der Waals surface area (Å²) in [6, 6.07) is 0. The van der Waals surface area contributed by atoms with Gasteiger partial charge in [-0.2, -0.15) is 5.10 Å². The van der Waals surface area contributed by atoms with Gasteiger partial charge in [0.25, 0.3) is 5.91 Å². The molecule has 0 bridgehead atoms. The van der Waals surface area contributed by atoms with Crippen LogP contribution in [0.4, 0.5) is 0 Å². The number of nitrogens with zero attached hydrogens (tertiary/aromatic N) is 3. The Balaban J connectivity index is 1.30. The topological polar surface area (TPSA) is 105 Å². The van der Waals surface area contributed by atoms with Crippen molar-refractivity contribution in [2.75, 3.05) is 19.8 Å². The normalized spacial score (nSPS) is 21.0. The molecule has 4 heterocycles. The predicted octanol–water partition coefficient (Wildman–Crippen LogP) is 2.37. The van der Waals surface area contributed by atoms with Crippen molar-refractivity contribution in [3.8, 4) is 11.3 Å². The molecule has 2 fully saturated rings. The highest BCUT2D eigenvalue weighted by atomic mass is 16.6. The fourth-order valence-electron chi connectivity index (χ4n) is 4.74. The van der Waals surface area contributed by atoms with Crippen LogP contribution in [0.1, 0.15) is 46.2 Å². The molecule has 6 rings (SSSR count). The maximum Gasteiger partial charge on any atom is 0.287 e. The number of furan rings is 1. The summed E-state index contributed by atoms with van der Waals surface area (Å²) in [6.07, 6.45) is 8.22. The third kappa shape index (κ3) is 3.19. The molecule has 0 unspecified atom stereocenters. The second-order valence-corrected chi connectivity index (χ2v) is 8.60. The lowest BCUT2D eigenvalue weighted by atomic mass is 9.82. The van der Waals surface area contributed by atoms with Gasteiger partial charge in [0.15, 0.2) is 5.76 Å². The van der Waals surface area contributed by atoms with Crippen molar-refractivity contribution < 1.29 is 23.1 Å². The number of carbonyl (C=O) groups excluding carboxylic acids is 1. The number of carbonyl (C=O) groups is 1. The maximum atomic E-state index is 12.8. The van der Waals surface area contributed by atoms with Crippen molar-refractivity contribution >= 4 is 5.91 Å². The Morgan fingerprint density at radius 3 is 3.00 bits per heavy atom. The molecule has 3 aliphatic rings. The summed E-state index contributed by atoms with van der Waals surface area (Å²) in [5.74, 6) is 1.36. The van der Waals surface area contributed by atoms with E-state index in [2.05, 4.69) is 16.5 Å². The van der Waals surface area contributed by atoms with Crippen molar-refractivity contribution in [1.82, 2.24) is 20.1 Å². The minimum Gasteiger partial charge on any atom is -0.455 e. The lowest BCUT2D eigenvalue weighted by molar-refractivity contribution is -0.0946. The lowest BCUT2D eigenvalue weighted by Crippen LogP contribution is -2.32. The molecule has 0 radical (unpaired) electrons. The zero-order valence-electron chi connectivity index (χ0n) is 17.3. The van der Waals surface area contributed by atoms with Crippen LogP contribution in [0.3, 0.4) is 0 Å². The van der Waals surface area contributed by atoms with Crippen LogP contribution < -0.4 is 5.32 Å². The van der Waals surface area contributed by atoms with Crippen LogP contribution in [0.15, 0.2) is 27.5 Å². The molecule has 162 valence electrons. The third-order valence-electron chi connectivity index (χ3n) is 6.51. The molecule has 9 nitrogen and oxygen atoms in total. The number of hydrogen-bond donors (Lipinski definition) is 1. The van der Waals surface area contributed by atoms with Crippen molar-refractivity contribution in [3.63, 3.8) is 0 Å². The Labute approximate surface area is 178 Å². The Kier molecular flexibility index (Phi) is 4.29. The van der Waals surface area contributed by atoms with Crippen LogP contribution in [-0.2, 0) is 34.4 Å². The molecule has 1 aliphatic heterocycles. The first-order valence-electron chi connectivity index (χ1n) is 10.7. The molecule has 31 heavy (non-hydrogen) atoms. The Morgan fingerprint density at radius 1 is 1.35 bits per heavy atom. The van der Waals surface area contributed by atoms with Crippen LogP contribution in [0, 0.1) is 6.92 Å². The van der Waals surface area contributed by atoms with Gasteiger partial charge in [-0.05, 0) is 19.8 Å². The molecule has 2 aliphatic carbocycles. The number of rotatable bonds is 5. The number of amides is 1. The summed E-state index contributed by atoms with van der Waals surface area (Å²) in [4.78, 5) is 16.8. The highest BCUT2D eigenvalue weighted by molar-refractivity contribution is 5.95. The number of hydrogen-bond acceptors (Lipinski definition) is 7. The van der Waals surface area contributed by atoms with E-state index in [0.29, 0.717) is 38.0 Å². The first-order valence-corrected chi connectivity index (χ1v) is 10.7. The second-order valence-electron chi connectivity index (χ2n) is 8.60. The van der Waals surface area contributed by atoms with Gasteiger partial charge in [-0.25, -0.2) is 4.98 Å². The zero-order chi connectivity index (χ0) is 21.0. The average molecular weight is 424 g/mol. The Morgan fingerprint density at radius 2 is 2.26 bits per heavy atom. The minimum atomic E-state index is -0.274. The molecule has 1 saturated carbocycles. The highest BCUT2D eigenvalue weighted by Gasteiger charge is 2.52. The van der Waals surface area contributed by atoms with Crippen LogP contribution >= 0.6 is 0 Å². The molecule has 1 amide bonds. The van der Waals surface area contributed by atoms with Gasteiger partial charge in [-0.1, -0.05) is 0 Å². The van der Waals surface area contributed by atoms with E-state index in [1.807, 2.05) is 11.6 Å². The standard InChI is InChI=1S/C22H24N4O5/c1-13-18-16(31-20(13)21(27)24-9-17-23-4-5-30-17)8-22(2-3-22)15-11-26(25-19(15)18)10-14-12-28-6-7-29-14/h4-5,11,14H,2-3,6-10,12H2,1H3,(H,24,27)/t14-/m0/s1. The van der Waals surface area contributed by atoms with Crippen molar-refractivity contribution in [1.29, 1.82) is 0 Å². The van der Waals surface area contributed by atoms with E-state index in [1.165, 1.54) is 11.8 Å². The van der Waals surface area contributed by atoms with E-state index in [-0.39, 0.29) is 24.0 Å². The van der Waals surface area contributed by atoms with E-state index in [9.17, 15) is 4.79 Å². The molecule has 1 saturated heterocycles. The predicted molar refractivity (Wildman–Crippen MR) is 108 cm³/mol. The summed E-state index contributed by atoms with van der Waals surface area (Å²) in [6.45, 7) is 4.64. The first kappa shape index (κ1) is 18.8. The van der Waals surface area contributed by atoms with Crippen LogP contribution in [-0.4, -0.2) is 46.6 Å². The number of ether oxygens (including phenoxy) is 2. The van der Waals surface area contributed by atoms with Crippen molar-refractivity contribution in [3.05, 3.63) is 47.2 Å². The van der Waals surface area contributed by atoms with Crippen LogP contribution in [0.25, 0.3) is 11.3 Å². The molecule has 9 heteroatoms. The fourth-order valence-corrected chi connectivity index (χ4v) is 4.74. The summed E-state index contributed by atoms with van der Waals surface area (Å²) in [5, 5.41) is 7.73. The first-order chi connectivity index (χ1) is 15.1. The fraction of sp³-hybridized carbons (Fsp3) is 0.500. The summed E-state index contributed by atoms with van der Waals surface area (Å²) in [7, 11) is 0. The molecule has 0 aromatic carbocycles. The van der Waals surface area contributed by atoms with Gasteiger partial charge in [0.05, 0.1) is 44.8 Å². The number of fused-ring (bicyclic) bond motifs is 4. The van der Waals surface area contributed by atoms with Gasteiger partial charge in [-0.3, -0.25) is 9.48 Å². The van der Waals surface area contributed by atoms with E-state index in [0.717, 1.165) is 41.8 Å². The summed E-state index contributed by atoms with van der Waals surface area (Å²) >= 11 is 0. The lowest BCUT2D eigenvalue weighted by Gasteiger charge is -2.22. The Hall–Kier alpha value is -2.91. The minimum absolute atomic E-state index is 0.00622. The van der Waals surface area contributed by atoms with E-state index >= 15 is 0 Å². The average Bonchev–Trinajstić information content (AvgIpc) is 3.13. The van der Waals surface area contributed by atoms with Crippen molar-refractivity contribution in [2.45, 2.75) is 50.8 Å². The molecule has 3 aromatic rings. The highest BCUT2D eigenvalue weighted by Crippen LogP contribution is 2.58. The van der Waals surface area contributed by atoms with Gasteiger partial charge in [0, 0.05) is 34.7 Å². The SMILES string of the molecule is Cc1c(C(=O)NCc2ncco2)oc2c1-c1nn(C[C@H]3COCCO3)cc1C1(CC1)C2. The number of nitrogens with one attached hydrogen (secondary N) is 1. The third-order valence-corrected chi connectivity index (χ3v) is 6.51. The largest absolute Gasteiger partial charge is 0.455 e. The van der Waals surface area contributed by atoms with Gasteiger partial charge >= 0.3 is 0 Å². The van der Waals surface area contributed by atoms with E-state index in [1.54, 1.807) is 6.20 Å². The van der Waals surface area contributed by atoms with Gasteiger partial charge in [-0.15, -0.1) is 0 Å². The van der Waals surface area contributed by atoms with Gasteiger partial charge in [0.1, 0.15) is 18.1 Å². The van der Waals surface area contributed by atoms with Gasteiger partial charge < -0.3 is 23.6 Å². The van der Waals surface area contributed by atoms with Crippen LogP contribution in [0.5, 0.6) is 0 Å². The Bertz CT molecular complexity index is 1120. The molecule has 1 spiro atoms. The molecule has 3 aromatic heterocycles. The van der Waals surface area contributed by atoms with E-state index in [4.69, 9.17) is 23.4 Å². The molecular formula is C22H24N4O5. The second kappa shape index (κ2) is 7.06. The van der Waals surface area contributed by atoms with E-state index < -0.39 is 0 Å². The van der Waals surface area contributed by atoms with Crippen LogP contribution in [0.2, 0.25) is 0 Å². The zero-order valence-corrected chi connectivity index (χ0v) is 17.3. The quantitative estimate of drug-likeness (QED) is 0.670. The van der Waals surface area contributed by atoms with Crippen molar-refractivity contribution in [2.24, 2.45) is 0 Å². The monoisotopic (exact) mass is 424 g/mol. The number of oxazole rings is 1. The smallest absolute Gasteiger partial charge is 0.287 e. The molecule has 1 N–H and O–H groups in total.